The fourth-order valence-electron chi connectivity index (χ4n) is 7.76. The monoisotopic (exact) mass is 585 g/mol. The van der Waals surface area contributed by atoms with Crippen molar-refractivity contribution in [1.82, 2.24) is 23.9 Å². The minimum atomic E-state index is 0.607. The average Bonchev–Trinajstić information content (AvgIpc) is 3.60. The lowest BCUT2D eigenvalue weighted by molar-refractivity contribution is 0.954. The van der Waals surface area contributed by atoms with Gasteiger partial charge < -0.3 is 4.40 Å². The van der Waals surface area contributed by atoms with Crippen LogP contribution in [0.25, 0.3) is 99.4 Å². The van der Waals surface area contributed by atoms with Gasteiger partial charge in [0.05, 0.1) is 27.6 Å². The fourth-order valence-corrected chi connectivity index (χ4v) is 7.76. The minimum Gasteiger partial charge on any atom is -0.308 e. The predicted octanol–water partition coefficient (Wildman–Crippen LogP) is 10.0. The van der Waals surface area contributed by atoms with Crippen LogP contribution in [0.15, 0.2) is 140 Å². The molecule has 7 aromatic carbocycles. The van der Waals surface area contributed by atoms with Gasteiger partial charge in [0.15, 0.2) is 11.6 Å². The Bertz CT molecular complexity index is 2900. The Kier molecular flexibility index (Phi) is 4.52. The quantitative estimate of drug-likeness (QED) is 0.194. The Labute approximate surface area is 262 Å². The molecule has 5 nitrogen and oxygen atoms in total. The smallest absolute Gasteiger partial charge is 0.238 e. The van der Waals surface area contributed by atoms with Crippen LogP contribution < -0.4 is 0 Å². The molecule has 0 aliphatic carbocycles. The highest BCUT2D eigenvalue weighted by Crippen LogP contribution is 2.47. The van der Waals surface area contributed by atoms with Crippen LogP contribution in [-0.4, -0.2) is 23.9 Å². The van der Waals surface area contributed by atoms with Crippen LogP contribution in [0.3, 0.4) is 0 Å². The van der Waals surface area contributed by atoms with Gasteiger partial charge in [-0.05, 0) is 35.0 Å². The van der Waals surface area contributed by atoms with Crippen LogP contribution in [-0.2, 0) is 0 Å². The molecule has 0 N–H and O–H groups in total. The van der Waals surface area contributed by atoms with Crippen LogP contribution in [0.5, 0.6) is 0 Å². The third-order valence-corrected chi connectivity index (χ3v) is 9.66. The molecule has 11 rings (SSSR count). The first kappa shape index (κ1) is 24.0. The van der Waals surface area contributed by atoms with Gasteiger partial charge in [-0.3, -0.25) is 4.57 Å². The van der Waals surface area contributed by atoms with Crippen molar-refractivity contribution in [3.8, 4) is 28.7 Å². The summed E-state index contributed by atoms with van der Waals surface area (Å²) in [4.78, 5) is 15.3. The molecule has 46 heavy (non-hydrogen) atoms. The van der Waals surface area contributed by atoms with E-state index < -0.39 is 0 Å². The number of aromatic nitrogens is 5. The lowest BCUT2D eigenvalue weighted by atomic mass is 9.97. The van der Waals surface area contributed by atoms with E-state index in [1.54, 1.807) is 0 Å². The molecule has 0 unspecified atom stereocenters. The lowest BCUT2D eigenvalue weighted by Gasteiger charge is -2.12. The van der Waals surface area contributed by atoms with E-state index in [0.717, 1.165) is 22.2 Å². The summed E-state index contributed by atoms with van der Waals surface area (Å²) < 4.78 is 4.73. The normalized spacial score (nSPS) is 12.3. The molecular weight excluding hydrogens is 562 g/mol. The zero-order valence-electron chi connectivity index (χ0n) is 24.5. The molecule has 5 heteroatoms. The Morgan fingerprint density at radius 1 is 0.370 bits per heavy atom. The number of hydrogen-bond donors (Lipinski definition) is 0. The Hall–Kier alpha value is -6.33. The number of para-hydroxylation sites is 1. The summed E-state index contributed by atoms with van der Waals surface area (Å²) >= 11 is 0. The molecular formula is C41H23N5. The van der Waals surface area contributed by atoms with E-state index in [1.807, 2.05) is 36.4 Å². The Morgan fingerprint density at radius 3 is 1.74 bits per heavy atom. The maximum Gasteiger partial charge on any atom is 0.238 e. The number of hydrogen-bond acceptors (Lipinski definition) is 3. The van der Waals surface area contributed by atoms with Crippen molar-refractivity contribution >= 4 is 70.7 Å². The summed E-state index contributed by atoms with van der Waals surface area (Å²) in [6, 6.07) is 49.3. The molecule has 4 aromatic heterocycles. The third-order valence-electron chi connectivity index (χ3n) is 9.66. The molecule has 0 spiro atoms. The van der Waals surface area contributed by atoms with Crippen molar-refractivity contribution in [2.24, 2.45) is 0 Å². The van der Waals surface area contributed by atoms with Crippen LogP contribution in [0.1, 0.15) is 0 Å². The first-order valence-electron chi connectivity index (χ1n) is 15.6. The van der Waals surface area contributed by atoms with Gasteiger partial charge in [-0.1, -0.05) is 115 Å². The zero-order valence-corrected chi connectivity index (χ0v) is 24.5. The van der Waals surface area contributed by atoms with E-state index >= 15 is 0 Å². The molecule has 0 saturated carbocycles. The topological polar surface area (TPSA) is 48.0 Å². The van der Waals surface area contributed by atoms with Crippen LogP contribution in [0, 0.1) is 0 Å². The number of rotatable bonds is 3. The molecule has 4 heterocycles. The Balaban J connectivity index is 1.39. The molecule has 0 aliphatic heterocycles. The van der Waals surface area contributed by atoms with Gasteiger partial charge in [-0.25, -0.2) is 4.98 Å². The van der Waals surface area contributed by atoms with Gasteiger partial charge >= 0.3 is 0 Å². The summed E-state index contributed by atoms with van der Waals surface area (Å²) in [5.41, 5.74) is 7.71. The second-order valence-electron chi connectivity index (χ2n) is 12.1. The van der Waals surface area contributed by atoms with Crippen molar-refractivity contribution in [1.29, 1.82) is 0 Å². The average molecular weight is 586 g/mol. The van der Waals surface area contributed by atoms with E-state index in [1.165, 1.54) is 59.6 Å². The summed E-state index contributed by atoms with van der Waals surface area (Å²) in [6.45, 7) is 0. The van der Waals surface area contributed by atoms with Crippen molar-refractivity contribution < 1.29 is 0 Å². The summed E-state index contributed by atoms with van der Waals surface area (Å²) in [5, 5.41) is 9.96. The first-order chi connectivity index (χ1) is 22.8. The molecule has 0 saturated heterocycles. The van der Waals surface area contributed by atoms with Crippen molar-refractivity contribution in [3.05, 3.63) is 140 Å². The van der Waals surface area contributed by atoms with E-state index in [0.29, 0.717) is 17.6 Å². The summed E-state index contributed by atoms with van der Waals surface area (Å²) in [7, 11) is 0. The fraction of sp³-hybridized carbons (Fsp3) is 0. The highest BCUT2D eigenvalue weighted by atomic mass is 15.2. The number of benzene rings is 7. The summed E-state index contributed by atoms with van der Waals surface area (Å²) in [6.07, 6.45) is 0. The summed E-state index contributed by atoms with van der Waals surface area (Å²) in [5.74, 6) is 1.90. The predicted molar refractivity (Wildman–Crippen MR) is 188 cm³/mol. The Morgan fingerprint density at radius 2 is 0.978 bits per heavy atom. The zero-order chi connectivity index (χ0) is 29.9. The van der Waals surface area contributed by atoms with E-state index in [-0.39, 0.29) is 0 Å². The van der Waals surface area contributed by atoms with E-state index in [9.17, 15) is 0 Å². The van der Waals surface area contributed by atoms with Crippen LogP contribution >= 0.6 is 0 Å². The van der Waals surface area contributed by atoms with Gasteiger partial charge in [-0.2, -0.15) is 9.97 Å². The SMILES string of the molecule is c1ccc(-c2nc(-c3ccccc3)nc(-n3c4ccc5ccc6cccc7c6c5c4c4c3ccc3c5ccccc5n7c34)n2)cc1. The number of fused-ring (bicyclic) bond motifs is 4. The van der Waals surface area contributed by atoms with Gasteiger partial charge in [-0.15, -0.1) is 0 Å². The van der Waals surface area contributed by atoms with Crippen LogP contribution in [0.4, 0.5) is 0 Å². The molecule has 0 atom stereocenters. The lowest BCUT2D eigenvalue weighted by Crippen LogP contribution is -2.06. The van der Waals surface area contributed by atoms with Crippen molar-refractivity contribution in [3.63, 3.8) is 0 Å². The maximum atomic E-state index is 5.18. The van der Waals surface area contributed by atoms with Gasteiger partial charge in [0.25, 0.3) is 0 Å². The molecule has 11 aromatic rings. The highest BCUT2D eigenvalue weighted by molar-refractivity contribution is 6.37. The molecule has 0 fully saturated rings. The highest BCUT2D eigenvalue weighted by Gasteiger charge is 2.26. The number of nitrogens with zero attached hydrogens (tertiary/aromatic N) is 5. The molecule has 0 aliphatic rings. The second-order valence-corrected chi connectivity index (χ2v) is 12.1. The van der Waals surface area contributed by atoms with Crippen molar-refractivity contribution in [2.45, 2.75) is 0 Å². The third kappa shape index (κ3) is 3.01. The largest absolute Gasteiger partial charge is 0.308 e. The van der Waals surface area contributed by atoms with Crippen LogP contribution in [0.2, 0.25) is 0 Å². The maximum absolute atomic E-state index is 5.18. The molecule has 0 radical (unpaired) electrons. The van der Waals surface area contributed by atoms with Gasteiger partial charge in [0.2, 0.25) is 5.95 Å². The van der Waals surface area contributed by atoms with Gasteiger partial charge in [0.1, 0.15) is 0 Å². The standard InChI is InChI=1S/C41H23N5/c1-3-10-26(11-4-1)39-42-40(27-12-5-2-6-13-27)44-41(43-39)46-32-22-20-25-19-18-24-14-9-17-31-34(24)35(25)36(32)37-33(46)23-21-29-28-15-7-8-16-30(28)45(31)38(29)37/h1-23H. The molecule has 0 amide bonds. The molecule has 212 valence electrons. The van der Waals surface area contributed by atoms with E-state index in [2.05, 4.69) is 112 Å². The van der Waals surface area contributed by atoms with Crippen molar-refractivity contribution in [2.75, 3.05) is 0 Å². The molecule has 0 bridgehead atoms. The van der Waals surface area contributed by atoms with E-state index in [4.69, 9.17) is 15.0 Å². The second kappa shape index (κ2) is 8.65. The minimum absolute atomic E-state index is 0.607. The van der Waals surface area contributed by atoms with Gasteiger partial charge in [0, 0.05) is 43.4 Å². The first-order valence-corrected chi connectivity index (χ1v) is 15.6.